The molecular formula is C12H11BrN2O2. The van der Waals surface area contributed by atoms with Crippen molar-refractivity contribution in [1.29, 1.82) is 0 Å². The number of ether oxygens (including phenoxy) is 1. The predicted octanol–water partition coefficient (Wildman–Crippen LogP) is 2.08. The number of rotatable bonds is 4. The molecule has 0 radical (unpaired) electrons. The van der Waals surface area contributed by atoms with Crippen LogP contribution in [0, 0.1) is 0 Å². The van der Waals surface area contributed by atoms with Crippen LogP contribution in [0.2, 0.25) is 0 Å². The molecule has 0 saturated carbocycles. The third-order valence-corrected chi connectivity index (χ3v) is 2.74. The number of aromatic nitrogens is 2. The van der Waals surface area contributed by atoms with Gasteiger partial charge < -0.3 is 4.74 Å². The first-order chi connectivity index (χ1) is 8.25. The summed E-state index contributed by atoms with van der Waals surface area (Å²) < 4.78 is 8.03. The van der Waals surface area contributed by atoms with E-state index in [1.807, 2.05) is 24.3 Å². The fraction of sp³-hybridized carbons (Fsp3) is 0.167. The molecule has 0 fully saturated rings. The zero-order valence-corrected chi connectivity index (χ0v) is 10.6. The second kappa shape index (κ2) is 5.63. The van der Waals surface area contributed by atoms with E-state index in [1.54, 1.807) is 0 Å². The number of nitrogens with zero attached hydrogens (tertiary/aromatic N) is 2. The van der Waals surface area contributed by atoms with Gasteiger partial charge in [-0.25, -0.2) is 4.98 Å². The van der Waals surface area contributed by atoms with Gasteiger partial charge >= 0.3 is 0 Å². The van der Waals surface area contributed by atoms with Crippen LogP contribution in [0.1, 0.15) is 0 Å². The third-order valence-electron chi connectivity index (χ3n) is 2.21. The summed E-state index contributed by atoms with van der Waals surface area (Å²) in [7, 11) is 0. The first-order valence-electron chi connectivity index (χ1n) is 5.14. The molecule has 0 atom stereocenters. The lowest BCUT2D eigenvalue weighted by Crippen LogP contribution is -2.22. The molecule has 2 aromatic rings. The number of benzene rings is 1. The molecule has 0 aliphatic rings. The predicted molar refractivity (Wildman–Crippen MR) is 68.1 cm³/mol. The molecule has 0 saturated heterocycles. The third kappa shape index (κ3) is 3.42. The van der Waals surface area contributed by atoms with Gasteiger partial charge in [-0.05, 0) is 24.3 Å². The Morgan fingerprint density at radius 3 is 2.71 bits per heavy atom. The Labute approximate surface area is 107 Å². The fourth-order valence-corrected chi connectivity index (χ4v) is 1.60. The molecule has 0 bridgehead atoms. The highest BCUT2D eigenvalue weighted by atomic mass is 79.9. The van der Waals surface area contributed by atoms with Gasteiger partial charge in [0.15, 0.2) is 0 Å². The van der Waals surface area contributed by atoms with Crippen LogP contribution in [0.3, 0.4) is 0 Å². The van der Waals surface area contributed by atoms with Crippen molar-refractivity contribution in [2.75, 3.05) is 6.61 Å². The van der Waals surface area contributed by atoms with E-state index < -0.39 is 0 Å². The summed E-state index contributed by atoms with van der Waals surface area (Å²) in [6.07, 6.45) is 2.99. The molecule has 1 aromatic carbocycles. The zero-order valence-electron chi connectivity index (χ0n) is 9.04. The Kier molecular flexibility index (Phi) is 3.93. The lowest BCUT2D eigenvalue weighted by molar-refractivity contribution is 0.295. The first kappa shape index (κ1) is 11.9. The van der Waals surface area contributed by atoms with E-state index in [4.69, 9.17) is 4.74 Å². The molecule has 0 spiro atoms. The van der Waals surface area contributed by atoms with Crippen molar-refractivity contribution in [1.82, 2.24) is 9.55 Å². The maximum absolute atomic E-state index is 11.4. The summed E-state index contributed by atoms with van der Waals surface area (Å²) in [5.41, 5.74) is -0.0700. The van der Waals surface area contributed by atoms with Gasteiger partial charge in [-0.1, -0.05) is 15.9 Å². The van der Waals surface area contributed by atoms with E-state index in [0.29, 0.717) is 13.2 Å². The Bertz CT molecular complexity index is 537. The largest absolute Gasteiger partial charge is 0.492 e. The molecule has 4 nitrogen and oxygen atoms in total. The second-order valence-electron chi connectivity index (χ2n) is 3.41. The molecule has 17 heavy (non-hydrogen) atoms. The standard InChI is InChI=1S/C12H11BrN2O2/c13-10-1-3-11(4-2-10)17-8-7-15-9-14-6-5-12(15)16/h1-6,9H,7-8H2. The number of halogens is 1. The molecule has 0 aliphatic carbocycles. The second-order valence-corrected chi connectivity index (χ2v) is 4.33. The molecule has 5 heteroatoms. The van der Waals surface area contributed by atoms with Crippen LogP contribution in [0.4, 0.5) is 0 Å². The maximum atomic E-state index is 11.4. The molecule has 0 N–H and O–H groups in total. The minimum absolute atomic E-state index is 0.0700. The topological polar surface area (TPSA) is 44.1 Å². The van der Waals surface area contributed by atoms with Crippen LogP contribution in [-0.2, 0) is 6.54 Å². The Morgan fingerprint density at radius 1 is 1.24 bits per heavy atom. The SMILES string of the molecule is O=c1ccncn1CCOc1ccc(Br)cc1. The quantitative estimate of drug-likeness (QED) is 0.867. The van der Waals surface area contributed by atoms with Crippen molar-refractivity contribution in [2.24, 2.45) is 0 Å². The van der Waals surface area contributed by atoms with Crippen LogP contribution in [0.15, 0.2) is 52.1 Å². The molecular weight excluding hydrogens is 284 g/mol. The lowest BCUT2D eigenvalue weighted by atomic mass is 10.3. The highest BCUT2D eigenvalue weighted by molar-refractivity contribution is 9.10. The Hall–Kier alpha value is -1.62. The molecule has 0 aliphatic heterocycles. The van der Waals surface area contributed by atoms with Gasteiger partial charge in [0.2, 0.25) is 0 Å². The summed E-state index contributed by atoms with van der Waals surface area (Å²) in [5.74, 6) is 0.783. The van der Waals surface area contributed by atoms with Crippen molar-refractivity contribution in [2.45, 2.75) is 6.54 Å². The van der Waals surface area contributed by atoms with E-state index in [1.165, 1.54) is 23.2 Å². The fourth-order valence-electron chi connectivity index (χ4n) is 1.34. The molecule has 2 rings (SSSR count). The highest BCUT2D eigenvalue weighted by Gasteiger charge is 1.96. The minimum Gasteiger partial charge on any atom is -0.492 e. The average Bonchev–Trinajstić information content (AvgIpc) is 2.34. The van der Waals surface area contributed by atoms with Crippen LogP contribution < -0.4 is 10.3 Å². The van der Waals surface area contributed by atoms with Crippen LogP contribution >= 0.6 is 15.9 Å². The van der Waals surface area contributed by atoms with Gasteiger partial charge in [-0.15, -0.1) is 0 Å². The van der Waals surface area contributed by atoms with E-state index in [-0.39, 0.29) is 5.56 Å². The lowest BCUT2D eigenvalue weighted by Gasteiger charge is -2.07. The van der Waals surface area contributed by atoms with E-state index in [9.17, 15) is 4.79 Å². The van der Waals surface area contributed by atoms with Crippen molar-refractivity contribution in [3.05, 3.63) is 57.7 Å². The van der Waals surface area contributed by atoms with Crippen molar-refractivity contribution in [3.63, 3.8) is 0 Å². The van der Waals surface area contributed by atoms with Crippen molar-refractivity contribution < 1.29 is 4.74 Å². The van der Waals surface area contributed by atoms with Gasteiger partial charge in [0.05, 0.1) is 12.9 Å². The molecule has 0 unspecified atom stereocenters. The van der Waals surface area contributed by atoms with E-state index >= 15 is 0 Å². The van der Waals surface area contributed by atoms with Crippen LogP contribution in [0.25, 0.3) is 0 Å². The molecule has 1 heterocycles. The van der Waals surface area contributed by atoms with Gasteiger partial charge in [-0.3, -0.25) is 9.36 Å². The summed E-state index contributed by atoms with van der Waals surface area (Å²) in [4.78, 5) is 15.3. The highest BCUT2D eigenvalue weighted by Crippen LogP contribution is 2.15. The van der Waals surface area contributed by atoms with E-state index in [2.05, 4.69) is 20.9 Å². The summed E-state index contributed by atoms with van der Waals surface area (Å²) in [5, 5.41) is 0. The monoisotopic (exact) mass is 294 g/mol. The summed E-state index contributed by atoms with van der Waals surface area (Å²) in [6, 6.07) is 8.99. The van der Waals surface area contributed by atoms with Gasteiger partial charge in [0, 0.05) is 16.7 Å². The van der Waals surface area contributed by atoms with E-state index in [0.717, 1.165) is 10.2 Å². The summed E-state index contributed by atoms with van der Waals surface area (Å²) in [6.45, 7) is 0.927. The van der Waals surface area contributed by atoms with Gasteiger partial charge in [-0.2, -0.15) is 0 Å². The first-order valence-corrected chi connectivity index (χ1v) is 5.94. The number of hydrogen-bond donors (Lipinski definition) is 0. The van der Waals surface area contributed by atoms with Gasteiger partial charge in [0.25, 0.3) is 5.56 Å². The van der Waals surface area contributed by atoms with Crippen molar-refractivity contribution in [3.8, 4) is 5.75 Å². The molecule has 0 amide bonds. The van der Waals surface area contributed by atoms with Crippen LogP contribution in [-0.4, -0.2) is 16.2 Å². The maximum Gasteiger partial charge on any atom is 0.253 e. The minimum atomic E-state index is -0.0700. The molecule has 1 aromatic heterocycles. The summed E-state index contributed by atoms with van der Waals surface area (Å²) >= 11 is 3.35. The van der Waals surface area contributed by atoms with Crippen molar-refractivity contribution >= 4 is 15.9 Å². The average molecular weight is 295 g/mol. The van der Waals surface area contributed by atoms with Crippen LogP contribution in [0.5, 0.6) is 5.75 Å². The zero-order chi connectivity index (χ0) is 12.1. The number of hydrogen-bond acceptors (Lipinski definition) is 3. The smallest absolute Gasteiger partial charge is 0.253 e. The Balaban J connectivity index is 1.90. The van der Waals surface area contributed by atoms with Gasteiger partial charge in [0.1, 0.15) is 12.4 Å². The normalized spacial score (nSPS) is 10.2. The molecule has 88 valence electrons. The Morgan fingerprint density at radius 2 is 2.00 bits per heavy atom.